The molecule has 0 spiro atoms. The largest absolute Gasteiger partial charge is 0.306 e. The topological polar surface area (TPSA) is 42.0 Å². The highest BCUT2D eigenvalue weighted by Gasteiger charge is 2.08. The second-order valence-electron chi connectivity index (χ2n) is 4.71. The zero-order chi connectivity index (χ0) is 13.7. The molecule has 19 heavy (non-hydrogen) atoms. The Bertz CT molecular complexity index is 564. The van der Waals surface area contributed by atoms with Crippen LogP contribution in [0.15, 0.2) is 42.7 Å². The van der Waals surface area contributed by atoms with Crippen molar-refractivity contribution in [3.63, 3.8) is 0 Å². The van der Waals surface area contributed by atoms with E-state index in [0.717, 1.165) is 22.3 Å². The number of ketones is 1. The normalized spacial score (nSPS) is 10.4. The summed E-state index contributed by atoms with van der Waals surface area (Å²) >= 11 is 0. The van der Waals surface area contributed by atoms with Gasteiger partial charge in [-0.25, -0.2) is 0 Å². The Morgan fingerprint density at radius 3 is 2.84 bits per heavy atom. The maximum absolute atomic E-state index is 12.1. The molecule has 0 atom stereocenters. The van der Waals surface area contributed by atoms with Crippen molar-refractivity contribution in [1.82, 2.24) is 10.3 Å². The van der Waals surface area contributed by atoms with Gasteiger partial charge in [-0.2, -0.15) is 0 Å². The summed E-state index contributed by atoms with van der Waals surface area (Å²) in [4.78, 5) is 16.2. The van der Waals surface area contributed by atoms with Gasteiger partial charge in [0, 0.05) is 24.5 Å². The van der Waals surface area contributed by atoms with E-state index in [9.17, 15) is 4.79 Å². The Labute approximate surface area is 113 Å². The number of hydrogen-bond acceptors (Lipinski definition) is 3. The van der Waals surface area contributed by atoms with E-state index in [1.54, 1.807) is 12.4 Å². The summed E-state index contributed by atoms with van der Waals surface area (Å²) in [6.45, 7) is 4.97. The van der Waals surface area contributed by atoms with Gasteiger partial charge in [-0.05, 0) is 37.1 Å². The zero-order valence-electron chi connectivity index (χ0n) is 11.3. The molecule has 0 aliphatic heterocycles. The number of nitrogens with zero attached hydrogens (tertiary/aromatic N) is 1. The molecule has 0 radical (unpaired) electrons. The van der Waals surface area contributed by atoms with Crippen LogP contribution in [0.1, 0.15) is 27.0 Å². The summed E-state index contributed by atoms with van der Waals surface area (Å²) in [6, 6.07) is 9.84. The van der Waals surface area contributed by atoms with Gasteiger partial charge in [-0.1, -0.05) is 23.8 Å². The van der Waals surface area contributed by atoms with Crippen LogP contribution in [0.25, 0.3) is 0 Å². The number of nitrogens with one attached hydrogen (secondary N) is 1. The third-order valence-electron chi connectivity index (χ3n) is 3.03. The maximum Gasteiger partial charge on any atom is 0.176 e. The van der Waals surface area contributed by atoms with Crippen molar-refractivity contribution in [2.24, 2.45) is 0 Å². The first-order valence-corrected chi connectivity index (χ1v) is 6.37. The highest BCUT2D eigenvalue weighted by molar-refractivity contribution is 5.99. The van der Waals surface area contributed by atoms with E-state index in [1.165, 1.54) is 0 Å². The Hall–Kier alpha value is -2.00. The van der Waals surface area contributed by atoms with Crippen LogP contribution in [-0.2, 0) is 6.54 Å². The Morgan fingerprint density at radius 1 is 1.26 bits per heavy atom. The smallest absolute Gasteiger partial charge is 0.176 e. The first kappa shape index (κ1) is 13.4. The number of pyridine rings is 1. The predicted molar refractivity (Wildman–Crippen MR) is 76.2 cm³/mol. The van der Waals surface area contributed by atoms with Crippen molar-refractivity contribution in [3.8, 4) is 0 Å². The molecular formula is C16H18N2O. The van der Waals surface area contributed by atoms with E-state index in [4.69, 9.17) is 0 Å². The molecule has 1 N–H and O–H groups in total. The molecule has 0 aliphatic rings. The van der Waals surface area contributed by atoms with E-state index >= 15 is 0 Å². The summed E-state index contributed by atoms with van der Waals surface area (Å²) in [5, 5.41) is 3.16. The summed E-state index contributed by atoms with van der Waals surface area (Å²) in [6.07, 6.45) is 3.54. The summed E-state index contributed by atoms with van der Waals surface area (Å²) in [5.41, 5.74) is 4.02. The molecule has 98 valence electrons. The lowest BCUT2D eigenvalue weighted by molar-refractivity contribution is 0.0990. The van der Waals surface area contributed by atoms with Crippen LogP contribution in [0.3, 0.4) is 0 Å². The molecular weight excluding hydrogens is 236 g/mol. The van der Waals surface area contributed by atoms with Crippen LogP contribution in [0.4, 0.5) is 0 Å². The lowest BCUT2D eigenvalue weighted by atomic mass is 10.0. The van der Waals surface area contributed by atoms with Gasteiger partial charge < -0.3 is 5.32 Å². The van der Waals surface area contributed by atoms with Gasteiger partial charge in [0.05, 0.1) is 6.54 Å². The SMILES string of the molecule is Cc1ccc(C)c(C(=O)CNCc2cccnc2)c1. The fraction of sp³-hybridized carbons (Fsp3) is 0.250. The van der Waals surface area contributed by atoms with Crippen molar-refractivity contribution in [3.05, 3.63) is 65.0 Å². The first-order chi connectivity index (χ1) is 9.16. The Kier molecular flexibility index (Phi) is 4.42. The average molecular weight is 254 g/mol. The molecule has 3 heteroatoms. The van der Waals surface area contributed by atoms with Gasteiger partial charge in [0.2, 0.25) is 0 Å². The number of Topliss-reactive ketones (excluding diaryl/α,β-unsaturated/α-hetero) is 1. The Balaban J connectivity index is 1.93. The highest BCUT2D eigenvalue weighted by Crippen LogP contribution is 2.11. The van der Waals surface area contributed by atoms with E-state index in [2.05, 4.69) is 10.3 Å². The molecule has 0 aliphatic carbocycles. The monoisotopic (exact) mass is 254 g/mol. The van der Waals surface area contributed by atoms with Crippen LogP contribution in [0.2, 0.25) is 0 Å². The lowest BCUT2D eigenvalue weighted by Gasteiger charge is -2.07. The minimum Gasteiger partial charge on any atom is -0.306 e. The van der Waals surface area contributed by atoms with Crippen LogP contribution in [-0.4, -0.2) is 17.3 Å². The minimum atomic E-state index is 0.130. The van der Waals surface area contributed by atoms with Crippen LogP contribution < -0.4 is 5.32 Å². The fourth-order valence-corrected chi connectivity index (χ4v) is 1.95. The van der Waals surface area contributed by atoms with Gasteiger partial charge in [0.15, 0.2) is 5.78 Å². The zero-order valence-corrected chi connectivity index (χ0v) is 11.3. The third kappa shape index (κ3) is 3.73. The minimum absolute atomic E-state index is 0.130. The second-order valence-corrected chi connectivity index (χ2v) is 4.71. The molecule has 0 bridgehead atoms. The number of aryl methyl sites for hydroxylation is 2. The molecule has 1 aromatic carbocycles. The predicted octanol–water partition coefficient (Wildman–Crippen LogP) is 2.67. The van der Waals surface area contributed by atoms with Gasteiger partial charge in [0.25, 0.3) is 0 Å². The molecule has 0 amide bonds. The molecule has 0 fully saturated rings. The number of benzene rings is 1. The third-order valence-corrected chi connectivity index (χ3v) is 3.03. The van der Waals surface area contributed by atoms with Crippen molar-refractivity contribution < 1.29 is 4.79 Å². The van der Waals surface area contributed by atoms with Crippen LogP contribution >= 0.6 is 0 Å². The number of aromatic nitrogens is 1. The van der Waals surface area contributed by atoms with Gasteiger partial charge in [-0.3, -0.25) is 9.78 Å². The van der Waals surface area contributed by atoms with E-state index < -0.39 is 0 Å². The molecule has 0 saturated carbocycles. The molecule has 0 saturated heterocycles. The van der Waals surface area contributed by atoms with Crippen molar-refractivity contribution in [2.75, 3.05) is 6.54 Å². The van der Waals surface area contributed by atoms with E-state index in [-0.39, 0.29) is 5.78 Å². The van der Waals surface area contributed by atoms with E-state index in [0.29, 0.717) is 13.1 Å². The molecule has 0 unspecified atom stereocenters. The van der Waals surface area contributed by atoms with Crippen molar-refractivity contribution >= 4 is 5.78 Å². The molecule has 3 nitrogen and oxygen atoms in total. The van der Waals surface area contributed by atoms with Gasteiger partial charge in [0.1, 0.15) is 0 Å². The molecule has 1 heterocycles. The average Bonchev–Trinajstić information content (AvgIpc) is 2.42. The van der Waals surface area contributed by atoms with E-state index in [1.807, 2.05) is 44.2 Å². The van der Waals surface area contributed by atoms with Gasteiger partial charge >= 0.3 is 0 Å². The quantitative estimate of drug-likeness (QED) is 0.834. The highest BCUT2D eigenvalue weighted by atomic mass is 16.1. The summed E-state index contributed by atoms with van der Waals surface area (Å²) < 4.78 is 0. The number of carbonyl (C=O) groups is 1. The first-order valence-electron chi connectivity index (χ1n) is 6.37. The second kappa shape index (κ2) is 6.25. The number of hydrogen-bond donors (Lipinski definition) is 1. The molecule has 2 aromatic rings. The summed E-state index contributed by atoms with van der Waals surface area (Å²) in [7, 11) is 0. The number of rotatable bonds is 5. The molecule has 1 aromatic heterocycles. The standard InChI is InChI=1S/C16H18N2O/c1-12-5-6-13(2)15(8-12)16(19)11-18-10-14-4-3-7-17-9-14/h3-9,18H,10-11H2,1-2H3. The van der Waals surface area contributed by atoms with Crippen molar-refractivity contribution in [1.29, 1.82) is 0 Å². The van der Waals surface area contributed by atoms with Gasteiger partial charge in [-0.15, -0.1) is 0 Å². The molecule has 2 rings (SSSR count). The summed E-state index contributed by atoms with van der Waals surface area (Å²) in [5.74, 6) is 0.130. The Morgan fingerprint density at radius 2 is 2.11 bits per heavy atom. The lowest BCUT2D eigenvalue weighted by Crippen LogP contribution is -2.23. The van der Waals surface area contributed by atoms with Crippen LogP contribution in [0.5, 0.6) is 0 Å². The maximum atomic E-state index is 12.1. The fourth-order valence-electron chi connectivity index (χ4n) is 1.95. The van der Waals surface area contributed by atoms with Crippen molar-refractivity contribution in [2.45, 2.75) is 20.4 Å². The number of carbonyl (C=O) groups excluding carboxylic acids is 1. The van der Waals surface area contributed by atoms with Crippen LogP contribution in [0, 0.1) is 13.8 Å².